The molecule has 1 unspecified atom stereocenters. The van der Waals surface area contributed by atoms with Crippen LogP contribution in [-0.4, -0.2) is 20.2 Å². The maximum absolute atomic E-state index is 5.81. The Balaban J connectivity index is 2.37. The Morgan fingerprint density at radius 1 is 1.12 bits per heavy atom. The first kappa shape index (κ1) is 11.7. The van der Waals surface area contributed by atoms with Gasteiger partial charge in [-0.05, 0) is 41.0 Å². The van der Waals surface area contributed by atoms with E-state index in [9.17, 15) is 0 Å². The highest BCUT2D eigenvalue weighted by molar-refractivity contribution is 5.35. The average molecular weight is 231 g/mol. The van der Waals surface area contributed by atoms with Crippen molar-refractivity contribution in [3.63, 3.8) is 0 Å². The van der Waals surface area contributed by atoms with E-state index in [2.05, 4.69) is 41.5 Å². The Hall–Kier alpha value is -1.75. The van der Waals surface area contributed by atoms with E-state index < -0.39 is 0 Å². The molecule has 2 rings (SSSR count). The zero-order valence-electron chi connectivity index (χ0n) is 10.3. The summed E-state index contributed by atoms with van der Waals surface area (Å²) in [5.41, 5.74) is 8.04. The summed E-state index contributed by atoms with van der Waals surface area (Å²) in [6.45, 7) is 6.20. The summed E-state index contributed by atoms with van der Waals surface area (Å²) in [5, 5.41) is 11.5. The van der Waals surface area contributed by atoms with Crippen LogP contribution in [-0.2, 0) is 0 Å². The Labute approximate surface area is 101 Å². The Morgan fingerprint density at radius 3 is 2.29 bits per heavy atom. The van der Waals surface area contributed by atoms with E-state index in [0.717, 1.165) is 5.69 Å². The second kappa shape index (κ2) is 4.63. The molecule has 5 nitrogen and oxygen atoms in total. The van der Waals surface area contributed by atoms with Gasteiger partial charge in [-0.15, -0.1) is 5.10 Å². The first-order valence-corrected chi connectivity index (χ1v) is 5.73. The van der Waals surface area contributed by atoms with Gasteiger partial charge in [-0.3, -0.25) is 0 Å². The molecule has 2 aromatic rings. The van der Waals surface area contributed by atoms with E-state index in [0.29, 0.717) is 11.7 Å². The molecule has 0 spiro atoms. The van der Waals surface area contributed by atoms with Gasteiger partial charge in [0, 0.05) is 0 Å². The van der Waals surface area contributed by atoms with Crippen LogP contribution in [0.2, 0.25) is 0 Å². The predicted molar refractivity (Wildman–Crippen MR) is 65.8 cm³/mol. The fourth-order valence-corrected chi connectivity index (χ4v) is 1.66. The standard InChI is InChI=1S/C12H17N5/c1-8(2)10-4-6-11(7-5-10)17-12(9(3)13)14-15-16-17/h4-9H,13H2,1-3H3. The van der Waals surface area contributed by atoms with E-state index in [1.165, 1.54) is 5.56 Å². The Bertz CT molecular complexity index is 484. The van der Waals surface area contributed by atoms with Crippen molar-refractivity contribution in [1.29, 1.82) is 0 Å². The molecule has 0 bridgehead atoms. The zero-order chi connectivity index (χ0) is 12.4. The number of hydrogen-bond donors (Lipinski definition) is 1. The minimum Gasteiger partial charge on any atom is -0.321 e. The average Bonchev–Trinajstić information content (AvgIpc) is 2.78. The molecular formula is C12H17N5. The number of aromatic nitrogens is 4. The molecule has 1 heterocycles. The van der Waals surface area contributed by atoms with Crippen molar-refractivity contribution < 1.29 is 0 Å². The normalized spacial score (nSPS) is 13.0. The highest BCUT2D eigenvalue weighted by Crippen LogP contribution is 2.17. The minimum atomic E-state index is -0.185. The van der Waals surface area contributed by atoms with Crippen LogP contribution in [0, 0.1) is 0 Å². The van der Waals surface area contributed by atoms with Crippen LogP contribution in [0.25, 0.3) is 5.69 Å². The topological polar surface area (TPSA) is 69.6 Å². The summed E-state index contributed by atoms with van der Waals surface area (Å²) < 4.78 is 1.68. The fraction of sp³-hybridized carbons (Fsp3) is 0.417. The summed E-state index contributed by atoms with van der Waals surface area (Å²) >= 11 is 0. The summed E-state index contributed by atoms with van der Waals surface area (Å²) in [7, 11) is 0. The van der Waals surface area contributed by atoms with Crippen molar-refractivity contribution in [2.45, 2.75) is 32.7 Å². The summed E-state index contributed by atoms with van der Waals surface area (Å²) in [4.78, 5) is 0. The van der Waals surface area contributed by atoms with Crippen molar-refractivity contribution in [2.24, 2.45) is 5.73 Å². The van der Waals surface area contributed by atoms with Gasteiger partial charge >= 0.3 is 0 Å². The van der Waals surface area contributed by atoms with Crippen molar-refractivity contribution in [3.05, 3.63) is 35.7 Å². The fourth-order valence-electron chi connectivity index (χ4n) is 1.66. The Morgan fingerprint density at radius 2 is 1.76 bits per heavy atom. The Kier molecular flexibility index (Phi) is 3.19. The summed E-state index contributed by atoms with van der Waals surface area (Å²) in [6.07, 6.45) is 0. The number of nitrogens with two attached hydrogens (primary N) is 1. The maximum Gasteiger partial charge on any atom is 0.173 e. The molecule has 0 aliphatic rings. The van der Waals surface area contributed by atoms with E-state index in [1.807, 2.05) is 19.1 Å². The molecule has 1 aromatic heterocycles. The van der Waals surface area contributed by atoms with Gasteiger partial charge in [0.25, 0.3) is 0 Å². The molecule has 0 fully saturated rings. The molecule has 0 saturated heterocycles. The van der Waals surface area contributed by atoms with Gasteiger partial charge in [0.05, 0.1) is 11.7 Å². The van der Waals surface area contributed by atoms with Gasteiger partial charge < -0.3 is 5.73 Å². The predicted octanol–water partition coefficient (Wildman–Crippen LogP) is 1.81. The highest BCUT2D eigenvalue weighted by atomic mass is 15.5. The van der Waals surface area contributed by atoms with Crippen LogP contribution in [0.3, 0.4) is 0 Å². The lowest BCUT2D eigenvalue weighted by atomic mass is 10.0. The van der Waals surface area contributed by atoms with Gasteiger partial charge in [-0.1, -0.05) is 26.0 Å². The number of benzene rings is 1. The third-order valence-electron chi connectivity index (χ3n) is 2.71. The molecule has 0 amide bonds. The third kappa shape index (κ3) is 2.34. The maximum atomic E-state index is 5.81. The van der Waals surface area contributed by atoms with Crippen LogP contribution >= 0.6 is 0 Å². The van der Waals surface area contributed by atoms with Crippen LogP contribution in [0.1, 0.15) is 44.1 Å². The molecule has 90 valence electrons. The SMILES string of the molecule is CC(C)c1ccc(-n2nnnc2C(C)N)cc1. The van der Waals surface area contributed by atoms with E-state index in [-0.39, 0.29) is 6.04 Å². The van der Waals surface area contributed by atoms with Crippen molar-refractivity contribution >= 4 is 0 Å². The van der Waals surface area contributed by atoms with Crippen LogP contribution in [0.15, 0.2) is 24.3 Å². The van der Waals surface area contributed by atoms with E-state index >= 15 is 0 Å². The molecule has 0 radical (unpaired) electrons. The molecule has 2 N–H and O–H groups in total. The van der Waals surface area contributed by atoms with E-state index in [1.54, 1.807) is 4.68 Å². The largest absolute Gasteiger partial charge is 0.321 e. The number of nitrogens with zero attached hydrogens (tertiary/aromatic N) is 4. The van der Waals surface area contributed by atoms with Gasteiger partial charge in [-0.2, -0.15) is 4.68 Å². The van der Waals surface area contributed by atoms with Crippen LogP contribution in [0.4, 0.5) is 0 Å². The van der Waals surface area contributed by atoms with Gasteiger partial charge in [-0.25, -0.2) is 0 Å². The summed E-state index contributed by atoms with van der Waals surface area (Å²) in [6, 6.07) is 8.02. The first-order chi connectivity index (χ1) is 8.09. The molecular weight excluding hydrogens is 214 g/mol. The minimum absolute atomic E-state index is 0.185. The van der Waals surface area contributed by atoms with Crippen LogP contribution < -0.4 is 5.73 Å². The first-order valence-electron chi connectivity index (χ1n) is 5.73. The second-order valence-electron chi connectivity index (χ2n) is 4.48. The van der Waals surface area contributed by atoms with Crippen LogP contribution in [0.5, 0.6) is 0 Å². The van der Waals surface area contributed by atoms with Crippen molar-refractivity contribution in [3.8, 4) is 5.69 Å². The molecule has 17 heavy (non-hydrogen) atoms. The zero-order valence-corrected chi connectivity index (χ0v) is 10.3. The third-order valence-corrected chi connectivity index (χ3v) is 2.71. The van der Waals surface area contributed by atoms with Gasteiger partial charge in [0.2, 0.25) is 0 Å². The van der Waals surface area contributed by atoms with E-state index in [4.69, 9.17) is 5.73 Å². The monoisotopic (exact) mass is 231 g/mol. The van der Waals surface area contributed by atoms with Gasteiger partial charge in [0.15, 0.2) is 5.82 Å². The van der Waals surface area contributed by atoms with Crippen molar-refractivity contribution in [2.75, 3.05) is 0 Å². The molecule has 1 atom stereocenters. The van der Waals surface area contributed by atoms with Gasteiger partial charge in [0.1, 0.15) is 0 Å². The lowest BCUT2D eigenvalue weighted by Crippen LogP contribution is -2.13. The molecule has 0 saturated carbocycles. The highest BCUT2D eigenvalue weighted by Gasteiger charge is 2.12. The molecule has 5 heteroatoms. The second-order valence-corrected chi connectivity index (χ2v) is 4.48. The quantitative estimate of drug-likeness (QED) is 0.874. The smallest absolute Gasteiger partial charge is 0.173 e. The molecule has 0 aliphatic heterocycles. The van der Waals surface area contributed by atoms with Crippen molar-refractivity contribution in [1.82, 2.24) is 20.2 Å². The molecule has 0 aliphatic carbocycles. The number of rotatable bonds is 3. The summed E-state index contributed by atoms with van der Waals surface area (Å²) in [5.74, 6) is 1.19. The molecule has 1 aromatic carbocycles. The lowest BCUT2D eigenvalue weighted by molar-refractivity contribution is 0.688. The lowest BCUT2D eigenvalue weighted by Gasteiger charge is -2.09. The number of tetrazole rings is 1. The number of hydrogen-bond acceptors (Lipinski definition) is 4.